The van der Waals surface area contributed by atoms with E-state index in [2.05, 4.69) is 5.32 Å². The zero-order valence-corrected chi connectivity index (χ0v) is 13.8. The molecule has 1 aromatic rings. The van der Waals surface area contributed by atoms with Gasteiger partial charge in [0, 0.05) is 24.2 Å². The first kappa shape index (κ1) is 18.5. The van der Waals surface area contributed by atoms with Crippen molar-refractivity contribution in [3.8, 4) is 0 Å². The molecule has 1 fully saturated rings. The van der Waals surface area contributed by atoms with Crippen LogP contribution in [0.2, 0.25) is 0 Å². The van der Waals surface area contributed by atoms with Crippen LogP contribution < -0.4 is 16.0 Å². The van der Waals surface area contributed by atoms with Crippen molar-refractivity contribution in [3.05, 3.63) is 30.3 Å². The van der Waals surface area contributed by atoms with Crippen LogP contribution in [0.15, 0.2) is 30.3 Å². The Bertz CT molecular complexity index is 507. The third-order valence-electron chi connectivity index (χ3n) is 4.03. The molecule has 0 aliphatic carbocycles. The fourth-order valence-corrected chi connectivity index (χ4v) is 2.42. The highest BCUT2D eigenvalue weighted by molar-refractivity contribution is 6.00. The Morgan fingerprint density at radius 2 is 1.95 bits per heavy atom. The summed E-state index contributed by atoms with van der Waals surface area (Å²) in [4.78, 5) is 26.4. The predicted octanol–water partition coefficient (Wildman–Crippen LogP) is 1.70. The first-order chi connectivity index (χ1) is 10.0. The SMILES string of the molecule is CC(N)C(C)C(=O)NC1CCCN(c2ccccc2)C1=O.Cl. The number of hydrogen-bond donors (Lipinski definition) is 2. The molecule has 3 atom stereocenters. The summed E-state index contributed by atoms with van der Waals surface area (Å²) in [6.07, 6.45) is 1.55. The standard InChI is InChI=1S/C16H23N3O2.ClH/c1-11(12(2)17)15(20)18-14-9-6-10-19(16(14)21)13-7-4-3-5-8-13;/h3-5,7-8,11-12,14H,6,9-10,17H2,1-2H3,(H,18,20);1H. The summed E-state index contributed by atoms with van der Waals surface area (Å²) in [5, 5.41) is 2.84. The number of anilines is 1. The minimum Gasteiger partial charge on any atom is -0.344 e. The second kappa shape index (κ2) is 8.15. The van der Waals surface area contributed by atoms with Crippen molar-refractivity contribution in [1.29, 1.82) is 0 Å². The zero-order valence-electron chi connectivity index (χ0n) is 13.0. The van der Waals surface area contributed by atoms with Crippen molar-refractivity contribution in [1.82, 2.24) is 5.32 Å². The van der Waals surface area contributed by atoms with Crippen LogP contribution >= 0.6 is 12.4 Å². The number of nitrogens with zero attached hydrogens (tertiary/aromatic N) is 1. The van der Waals surface area contributed by atoms with E-state index in [1.807, 2.05) is 30.3 Å². The summed E-state index contributed by atoms with van der Waals surface area (Å²) in [5.74, 6) is -0.499. The maximum Gasteiger partial charge on any atom is 0.249 e. The van der Waals surface area contributed by atoms with E-state index in [0.29, 0.717) is 13.0 Å². The number of rotatable bonds is 4. The van der Waals surface area contributed by atoms with Crippen LogP contribution in [0.3, 0.4) is 0 Å². The third kappa shape index (κ3) is 4.21. The van der Waals surface area contributed by atoms with Gasteiger partial charge in [0.25, 0.3) is 0 Å². The largest absolute Gasteiger partial charge is 0.344 e. The van der Waals surface area contributed by atoms with Gasteiger partial charge in [-0.15, -0.1) is 12.4 Å². The minimum atomic E-state index is -0.451. The van der Waals surface area contributed by atoms with Crippen LogP contribution in [0.4, 0.5) is 5.69 Å². The number of nitrogens with two attached hydrogens (primary N) is 1. The molecule has 1 aliphatic rings. The van der Waals surface area contributed by atoms with Gasteiger partial charge in [-0.3, -0.25) is 9.59 Å². The summed E-state index contributed by atoms with van der Waals surface area (Å²) >= 11 is 0. The first-order valence-electron chi connectivity index (χ1n) is 7.43. The smallest absolute Gasteiger partial charge is 0.249 e. The number of carbonyl (C=O) groups excluding carboxylic acids is 2. The Morgan fingerprint density at radius 1 is 1.32 bits per heavy atom. The molecule has 2 rings (SSSR count). The topological polar surface area (TPSA) is 75.4 Å². The Balaban J connectivity index is 0.00000242. The van der Waals surface area contributed by atoms with Gasteiger partial charge in [-0.25, -0.2) is 0 Å². The summed E-state index contributed by atoms with van der Waals surface area (Å²) in [7, 11) is 0. The van der Waals surface area contributed by atoms with Gasteiger partial charge in [-0.05, 0) is 31.9 Å². The van der Waals surface area contributed by atoms with Gasteiger partial charge >= 0.3 is 0 Å². The zero-order chi connectivity index (χ0) is 15.4. The van der Waals surface area contributed by atoms with E-state index in [1.54, 1.807) is 18.7 Å². The molecule has 1 aliphatic heterocycles. The molecule has 5 nitrogen and oxygen atoms in total. The van der Waals surface area contributed by atoms with E-state index in [1.165, 1.54) is 0 Å². The highest BCUT2D eigenvalue weighted by Gasteiger charge is 2.32. The van der Waals surface area contributed by atoms with Crippen LogP contribution in [0.1, 0.15) is 26.7 Å². The summed E-state index contributed by atoms with van der Waals surface area (Å²) in [5.41, 5.74) is 6.62. The lowest BCUT2D eigenvalue weighted by molar-refractivity contribution is -0.130. The molecule has 3 unspecified atom stereocenters. The molecular formula is C16H24ClN3O2. The van der Waals surface area contributed by atoms with Crippen molar-refractivity contribution >= 4 is 29.9 Å². The molecular weight excluding hydrogens is 302 g/mol. The van der Waals surface area contributed by atoms with Gasteiger partial charge in [-0.2, -0.15) is 0 Å². The lowest BCUT2D eigenvalue weighted by atomic mass is 10.00. The maximum absolute atomic E-state index is 12.5. The van der Waals surface area contributed by atoms with Gasteiger partial charge in [0.2, 0.25) is 11.8 Å². The Hall–Kier alpha value is -1.59. The minimum absolute atomic E-state index is 0. The molecule has 1 heterocycles. The average molecular weight is 326 g/mol. The fourth-order valence-electron chi connectivity index (χ4n) is 2.42. The number of hydrogen-bond acceptors (Lipinski definition) is 3. The third-order valence-corrected chi connectivity index (χ3v) is 4.03. The number of halogens is 1. The Kier molecular flexibility index (Phi) is 6.84. The number of piperidine rings is 1. The monoisotopic (exact) mass is 325 g/mol. The number of carbonyl (C=O) groups is 2. The highest BCUT2D eigenvalue weighted by atomic mass is 35.5. The van der Waals surface area contributed by atoms with E-state index in [9.17, 15) is 9.59 Å². The first-order valence-corrected chi connectivity index (χ1v) is 7.43. The van der Waals surface area contributed by atoms with Gasteiger partial charge in [-0.1, -0.05) is 25.1 Å². The molecule has 0 bridgehead atoms. The molecule has 1 aromatic carbocycles. The quantitative estimate of drug-likeness (QED) is 0.884. The van der Waals surface area contributed by atoms with Crippen molar-refractivity contribution in [2.45, 2.75) is 38.8 Å². The van der Waals surface area contributed by atoms with Gasteiger partial charge in [0.15, 0.2) is 0 Å². The Labute approximate surface area is 137 Å². The lowest BCUT2D eigenvalue weighted by Crippen LogP contribution is -2.54. The second-order valence-electron chi connectivity index (χ2n) is 5.68. The van der Waals surface area contributed by atoms with Crippen molar-refractivity contribution in [2.75, 3.05) is 11.4 Å². The van der Waals surface area contributed by atoms with E-state index in [0.717, 1.165) is 12.1 Å². The van der Waals surface area contributed by atoms with Gasteiger partial charge < -0.3 is 16.0 Å². The van der Waals surface area contributed by atoms with Crippen LogP contribution in [0.25, 0.3) is 0 Å². The van der Waals surface area contributed by atoms with E-state index >= 15 is 0 Å². The average Bonchev–Trinajstić information content (AvgIpc) is 2.49. The molecule has 2 amide bonds. The molecule has 0 spiro atoms. The summed E-state index contributed by atoms with van der Waals surface area (Å²) in [6.45, 7) is 4.27. The van der Waals surface area contributed by atoms with Crippen molar-refractivity contribution < 1.29 is 9.59 Å². The second-order valence-corrected chi connectivity index (χ2v) is 5.68. The molecule has 122 valence electrons. The van der Waals surface area contributed by atoms with Crippen LogP contribution in [0.5, 0.6) is 0 Å². The molecule has 1 saturated heterocycles. The number of amides is 2. The molecule has 0 radical (unpaired) electrons. The van der Waals surface area contributed by atoms with E-state index in [4.69, 9.17) is 5.73 Å². The van der Waals surface area contributed by atoms with Gasteiger partial charge in [0.05, 0.1) is 0 Å². The van der Waals surface area contributed by atoms with Crippen molar-refractivity contribution in [3.63, 3.8) is 0 Å². The highest BCUT2D eigenvalue weighted by Crippen LogP contribution is 2.21. The molecule has 6 heteroatoms. The summed E-state index contributed by atoms with van der Waals surface area (Å²) < 4.78 is 0. The predicted molar refractivity (Wildman–Crippen MR) is 90.0 cm³/mol. The molecule has 0 saturated carbocycles. The fraction of sp³-hybridized carbons (Fsp3) is 0.500. The lowest BCUT2D eigenvalue weighted by Gasteiger charge is -2.33. The van der Waals surface area contributed by atoms with Gasteiger partial charge in [0.1, 0.15) is 6.04 Å². The number of nitrogens with one attached hydrogen (secondary N) is 1. The molecule has 3 N–H and O–H groups in total. The van der Waals surface area contributed by atoms with Crippen LogP contribution in [-0.2, 0) is 9.59 Å². The van der Waals surface area contributed by atoms with E-state index < -0.39 is 6.04 Å². The van der Waals surface area contributed by atoms with Crippen LogP contribution in [0, 0.1) is 5.92 Å². The maximum atomic E-state index is 12.5. The molecule has 0 aromatic heterocycles. The van der Waals surface area contributed by atoms with Crippen LogP contribution in [-0.4, -0.2) is 30.4 Å². The Morgan fingerprint density at radius 3 is 2.55 bits per heavy atom. The normalized spacial score (nSPS) is 20.8. The van der Waals surface area contributed by atoms with Crippen molar-refractivity contribution in [2.24, 2.45) is 11.7 Å². The summed E-state index contributed by atoms with van der Waals surface area (Å²) in [6, 6.07) is 8.87. The van der Waals surface area contributed by atoms with E-state index in [-0.39, 0.29) is 36.2 Å². The number of para-hydroxylation sites is 1. The molecule has 22 heavy (non-hydrogen) atoms. The number of benzene rings is 1.